The van der Waals surface area contributed by atoms with Crippen LogP contribution in [0, 0.1) is 4.84 Å². The van der Waals surface area contributed by atoms with E-state index in [1.165, 1.54) is 17.4 Å². The number of ether oxygens (including phenoxy) is 1. The largest absolute Gasteiger partial charge is 0.497 e. The van der Waals surface area contributed by atoms with Crippen LogP contribution in [0.2, 0.25) is 5.02 Å². The van der Waals surface area contributed by atoms with Crippen LogP contribution in [-0.2, 0) is 0 Å². The highest BCUT2D eigenvalue weighted by Crippen LogP contribution is 2.49. The fourth-order valence-corrected chi connectivity index (χ4v) is 2.53. The van der Waals surface area contributed by atoms with Gasteiger partial charge in [-0.25, -0.2) is 0 Å². The average molecular weight is 318 g/mol. The maximum atomic E-state index is 6.14. The molecule has 1 aromatic carbocycles. The number of hydrogen-bond acceptors (Lipinski definition) is 3. The molecule has 1 aromatic heterocycles. The lowest BCUT2D eigenvalue weighted by Gasteiger charge is -2.02. The van der Waals surface area contributed by atoms with Crippen molar-refractivity contribution in [3.8, 4) is 28.0 Å². The Morgan fingerprint density at radius 2 is 1.90 bits per heavy atom. The van der Waals surface area contributed by atoms with Crippen molar-refractivity contribution in [2.45, 2.75) is 0 Å². The molecule has 5 heteroatoms. The van der Waals surface area contributed by atoms with Crippen molar-refractivity contribution in [3.63, 3.8) is 0 Å². The molecule has 0 fully saturated rings. The minimum Gasteiger partial charge on any atom is -0.497 e. The first-order valence-electron chi connectivity index (χ1n) is 6.29. The van der Waals surface area contributed by atoms with Gasteiger partial charge >= 0.3 is 0 Å². The zero-order chi connectivity index (χ0) is 14.8. The van der Waals surface area contributed by atoms with Crippen LogP contribution in [0.5, 0.6) is 5.75 Å². The number of methoxy groups -OCH3 is 1. The third kappa shape index (κ3) is 3.01. The molecule has 0 saturated heterocycles. The van der Waals surface area contributed by atoms with Gasteiger partial charge in [-0.05, 0) is 53.2 Å². The lowest BCUT2D eigenvalue weighted by Crippen LogP contribution is -1.82. The number of nitrogens with one attached hydrogen (secondary N) is 1. The summed E-state index contributed by atoms with van der Waals surface area (Å²) < 4.78 is 9.71. The van der Waals surface area contributed by atoms with Crippen LogP contribution in [0.1, 0.15) is 0 Å². The maximum absolute atomic E-state index is 6.14. The molecule has 0 radical (unpaired) electrons. The standard InChI is InChI=1S/C13H9ClO.C3H3NOS/c1-15-10-4-2-8(3-5-10)13-11-6-9(11)7-12(13)14;6-3-4-1-2-5-3/h2-7H,1H3;1-2H,(H,4,6). The third-order valence-corrected chi connectivity index (χ3v) is 3.65. The van der Waals surface area contributed by atoms with Crippen LogP contribution in [0.25, 0.3) is 22.3 Å². The number of benzene rings is 2. The maximum Gasteiger partial charge on any atom is 0.265 e. The number of aromatic nitrogens is 1. The molecular formula is C16H12ClNO2S. The highest BCUT2D eigenvalue weighted by molar-refractivity contribution is 7.71. The van der Waals surface area contributed by atoms with Crippen LogP contribution in [0.15, 0.2) is 53.3 Å². The molecule has 0 unspecified atom stereocenters. The van der Waals surface area contributed by atoms with Crippen molar-refractivity contribution in [2.24, 2.45) is 0 Å². The Hall–Kier alpha value is -2.04. The Labute approximate surface area is 132 Å². The summed E-state index contributed by atoms with van der Waals surface area (Å²) in [6.45, 7) is 0. The van der Waals surface area contributed by atoms with Crippen LogP contribution in [0.3, 0.4) is 0 Å². The van der Waals surface area contributed by atoms with Gasteiger partial charge < -0.3 is 14.1 Å². The molecule has 0 bridgehead atoms. The van der Waals surface area contributed by atoms with Gasteiger partial charge in [-0.3, -0.25) is 0 Å². The fourth-order valence-electron chi connectivity index (χ4n) is 2.08. The molecule has 1 N–H and O–H groups in total. The lowest BCUT2D eigenvalue weighted by atomic mass is 10.1. The van der Waals surface area contributed by atoms with E-state index < -0.39 is 0 Å². The van der Waals surface area contributed by atoms with Gasteiger partial charge in [0.2, 0.25) is 0 Å². The number of oxazole rings is 1. The van der Waals surface area contributed by atoms with E-state index in [1.807, 2.05) is 30.3 Å². The quantitative estimate of drug-likeness (QED) is 0.507. The van der Waals surface area contributed by atoms with Crippen molar-refractivity contribution in [3.05, 3.63) is 58.7 Å². The van der Waals surface area contributed by atoms with Gasteiger partial charge in [-0.15, -0.1) is 0 Å². The Morgan fingerprint density at radius 1 is 1.14 bits per heavy atom. The summed E-state index contributed by atoms with van der Waals surface area (Å²) in [5.74, 6) is 0.867. The van der Waals surface area contributed by atoms with Gasteiger partial charge in [0.25, 0.3) is 4.84 Å². The second-order valence-corrected chi connectivity index (χ2v) is 5.24. The number of aromatic amines is 1. The highest BCUT2D eigenvalue weighted by Gasteiger charge is 2.22. The second-order valence-electron chi connectivity index (χ2n) is 4.46. The SMILES string of the molecule is COc1ccc(-c2c(Cl)cc3cc2-3)cc1.S=c1[nH]cco1. The van der Waals surface area contributed by atoms with Crippen LogP contribution >= 0.6 is 23.8 Å². The summed E-state index contributed by atoms with van der Waals surface area (Å²) in [6.07, 6.45) is 3.14. The van der Waals surface area contributed by atoms with Gasteiger partial charge in [0, 0.05) is 16.8 Å². The Morgan fingerprint density at radius 3 is 2.33 bits per heavy atom. The summed E-state index contributed by atoms with van der Waals surface area (Å²) in [4.78, 5) is 3.07. The third-order valence-electron chi connectivity index (χ3n) is 3.14. The minimum absolute atomic E-state index is 0.426. The minimum atomic E-state index is 0.426. The number of hydrogen-bond donors (Lipinski definition) is 1. The van der Waals surface area contributed by atoms with Crippen LogP contribution in [0.4, 0.5) is 0 Å². The molecule has 0 atom stereocenters. The normalized spacial score (nSPS) is 10.6. The van der Waals surface area contributed by atoms with Crippen molar-refractivity contribution in [1.29, 1.82) is 0 Å². The molecule has 3 nitrogen and oxygen atoms in total. The lowest BCUT2D eigenvalue weighted by molar-refractivity contribution is 0.415. The summed E-state index contributed by atoms with van der Waals surface area (Å²) in [7, 11) is 1.67. The van der Waals surface area contributed by atoms with Crippen molar-refractivity contribution in [2.75, 3.05) is 7.11 Å². The smallest absolute Gasteiger partial charge is 0.265 e. The van der Waals surface area contributed by atoms with E-state index >= 15 is 0 Å². The molecular weight excluding hydrogens is 306 g/mol. The number of fused-ring (bicyclic) bond motifs is 1. The van der Waals surface area contributed by atoms with Gasteiger partial charge in [0.05, 0.1) is 7.11 Å². The Balaban J connectivity index is 0.000000186. The van der Waals surface area contributed by atoms with Crippen molar-refractivity contribution >= 4 is 23.8 Å². The first kappa shape index (κ1) is 13.9. The topological polar surface area (TPSA) is 38.2 Å². The predicted octanol–water partition coefficient (Wildman–Crippen LogP) is 5.33. The van der Waals surface area contributed by atoms with E-state index in [-0.39, 0.29) is 0 Å². The van der Waals surface area contributed by atoms with E-state index in [4.69, 9.17) is 16.3 Å². The van der Waals surface area contributed by atoms with Crippen molar-refractivity contribution in [1.82, 2.24) is 4.98 Å². The van der Waals surface area contributed by atoms with E-state index in [0.717, 1.165) is 21.9 Å². The van der Waals surface area contributed by atoms with E-state index in [1.54, 1.807) is 13.3 Å². The number of rotatable bonds is 2. The molecule has 4 rings (SSSR count). The van der Waals surface area contributed by atoms with Gasteiger partial charge in [-0.2, -0.15) is 0 Å². The molecule has 0 saturated carbocycles. The molecule has 0 spiro atoms. The number of halogens is 1. The number of H-pyrrole nitrogens is 1. The molecule has 1 heterocycles. The molecule has 0 aliphatic heterocycles. The molecule has 106 valence electrons. The molecule has 2 aliphatic carbocycles. The van der Waals surface area contributed by atoms with Crippen LogP contribution in [-0.4, -0.2) is 12.1 Å². The Kier molecular flexibility index (Phi) is 3.82. The molecule has 0 amide bonds. The van der Waals surface area contributed by atoms with E-state index in [2.05, 4.69) is 27.7 Å². The van der Waals surface area contributed by atoms with E-state index in [0.29, 0.717) is 4.84 Å². The van der Waals surface area contributed by atoms with Crippen LogP contribution < -0.4 is 4.74 Å². The second kappa shape index (κ2) is 5.76. The zero-order valence-corrected chi connectivity index (χ0v) is 12.8. The molecule has 2 aliphatic rings. The summed E-state index contributed by atoms with van der Waals surface area (Å²) in [5, 5.41) is 0.840. The summed E-state index contributed by atoms with van der Waals surface area (Å²) >= 11 is 10.7. The van der Waals surface area contributed by atoms with Gasteiger partial charge in [0.1, 0.15) is 12.0 Å². The first-order valence-corrected chi connectivity index (χ1v) is 7.08. The molecule has 2 aromatic rings. The van der Waals surface area contributed by atoms with E-state index in [9.17, 15) is 0 Å². The highest BCUT2D eigenvalue weighted by atomic mass is 35.5. The zero-order valence-electron chi connectivity index (χ0n) is 11.2. The van der Waals surface area contributed by atoms with Gasteiger partial charge in [0.15, 0.2) is 0 Å². The molecule has 21 heavy (non-hydrogen) atoms. The average Bonchev–Trinajstić information content (AvgIpc) is 2.92. The van der Waals surface area contributed by atoms with Gasteiger partial charge in [-0.1, -0.05) is 23.7 Å². The summed E-state index contributed by atoms with van der Waals surface area (Å²) in [5.41, 5.74) is 4.85. The monoisotopic (exact) mass is 317 g/mol. The summed E-state index contributed by atoms with van der Waals surface area (Å²) in [6, 6.07) is 12.1. The fraction of sp³-hybridized carbons (Fsp3) is 0.0625. The predicted molar refractivity (Wildman–Crippen MR) is 86.3 cm³/mol. The Bertz CT molecular complexity index is 804. The first-order chi connectivity index (χ1) is 10.2. The van der Waals surface area contributed by atoms with Crippen molar-refractivity contribution < 1.29 is 9.15 Å².